The third kappa shape index (κ3) is 4.39. The van der Waals surface area contributed by atoms with Crippen molar-refractivity contribution in [3.8, 4) is 0 Å². The van der Waals surface area contributed by atoms with Crippen molar-refractivity contribution in [2.45, 2.75) is 17.2 Å². The van der Waals surface area contributed by atoms with Gasteiger partial charge in [-0.25, -0.2) is 13.1 Å². The third-order valence-corrected chi connectivity index (χ3v) is 6.45. The predicted octanol–water partition coefficient (Wildman–Crippen LogP) is 0.428. The van der Waals surface area contributed by atoms with Crippen molar-refractivity contribution >= 4 is 49.4 Å². The summed E-state index contributed by atoms with van der Waals surface area (Å²) in [5.41, 5.74) is 5.42. The lowest BCUT2D eigenvalue weighted by atomic mass is 10.4. The van der Waals surface area contributed by atoms with E-state index < -0.39 is 26.9 Å². The number of nitrogens with one attached hydrogen (secondary N) is 1. The highest BCUT2D eigenvalue weighted by molar-refractivity contribution is 7.91. The Balaban J connectivity index is 2.85. The summed E-state index contributed by atoms with van der Waals surface area (Å²) in [5, 5.41) is 0. The number of hydrogen-bond donors (Lipinski definition) is 2. The number of rotatable bonds is 6. The van der Waals surface area contributed by atoms with Crippen LogP contribution < -0.4 is 10.5 Å². The number of thiocarbonyl (C=S) groups is 1. The molecule has 0 aliphatic carbocycles. The van der Waals surface area contributed by atoms with Crippen molar-refractivity contribution in [2.75, 3.05) is 12.0 Å². The minimum absolute atomic E-state index is 0.152. The van der Waals surface area contributed by atoms with Crippen LogP contribution in [-0.4, -0.2) is 35.7 Å². The summed E-state index contributed by atoms with van der Waals surface area (Å²) in [4.78, 5) is 0.723. The first-order chi connectivity index (χ1) is 8.22. The molecule has 1 aromatic heterocycles. The summed E-state index contributed by atoms with van der Waals surface area (Å²) < 4.78 is 37.6. The second-order valence-electron chi connectivity index (χ2n) is 3.75. The average Bonchev–Trinajstić information content (AvgIpc) is 2.63. The van der Waals surface area contributed by atoms with Gasteiger partial charge in [0.25, 0.3) is 0 Å². The lowest BCUT2D eigenvalue weighted by molar-refractivity contribution is 0.572. The zero-order chi connectivity index (χ0) is 13.9. The van der Waals surface area contributed by atoms with Crippen LogP contribution in [0.15, 0.2) is 16.3 Å². The molecule has 2 atom stereocenters. The second-order valence-corrected chi connectivity index (χ2v) is 8.69. The highest BCUT2D eigenvalue weighted by Gasteiger charge is 2.20. The van der Waals surface area contributed by atoms with Gasteiger partial charge in [-0.2, -0.15) is 0 Å². The maximum Gasteiger partial charge on any atom is 0.250 e. The fraction of sp³-hybridized carbons (Fsp3) is 0.444. The van der Waals surface area contributed by atoms with Crippen LogP contribution in [0.4, 0.5) is 0 Å². The van der Waals surface area contributed by atoms with Crippen molar-refractivity contribution in [3.63, 3.8) is 0 Å². The lowest BCUT2D eigenvalue weighted by Gasteiger charge is -2.11. The number of sulfonamides is 1. The van der Waals surface area contributed by atoms with Crippen LogP contribution >= 0.6 is 23.6 Å². The van der Waals surface area contributed by atoms with Gasteiger partial charge in [-0.15, -0.1) is 11.3 Å². The topological polar surface area (TPSA) is 89.3 Å². The molecule has 2 unspecified atom stereocenters. The highest BCUT2D eigenvalue weighted by atomic mass is 32.2. The van der Waals surface area contributed by atoms with Crippen LogP contribution in [0.1, 0.15) is 11.8 Å². The molecule has 0 amide bonds. The molecule has 1 aromatic rings. The standard InChI is InChI=1S/C9H14N2O3S4/c1-6(5-17(2)12)11-18(13,14)8-4-3-7(16-8)9(10)15/h3-4,6,11H,5H2,1-2H3,(H2,10,15). The summed E-state index contributed by atoms with van der Waals surface area (Å²) in [6.07, 6.45) is 1.53. The number of nitrogens with two attached hydrogens (primary N) is 1. The Kier molecular flexibility index (Phi) is 5.41. The van der Waals surface area contributed by atoms with Gasteiger partial charge in [0.2, 0.25) is 10.0 Å². The Morgan fingerprint density at radius 2 is 2.22 bits per heavy atom. The third-order valence-electron chi connectivity index (χ3n) is 1.93. The summed E-state index contributed by atoms with van der Waals surface area (Å²) in [7, 11) is -4.65. The molecule has 0 aromatic carbocycles. The van der Waals surface area contributed by atoms with E-state index in [0.29, 0.717) is 4.88 Å². The van der Waals surface area contributed by atoms with Crippen LogP contribution in [0.2, 0.25) is 0 Å². The maximum atomic E-state index is 12.0. The quantitative estimate of drug-likeness (QED) is 0.740. The summed E-state index contributed by atoms with van der Waals surface area (Å²) in [6, 6.07) is 2.64. The molecule has 0 saturated heterocycles. The van der Waals surface area contributed by atoms with Gasteiger partial charge in [0.15, 0.2) is 0 Å². The van der Waals surface area contributed by atoms with Crippen molar-refractivity contribution < 1.29 is 12.6 Å². The minimum Gasteiger partial charge on any atom is -0.389 e. The molecule has 0 spiro atoms. The van der Waals surface area contributed by atoms with Crippen molar-refractivity contribution in [2.24, 2.45) is 5.73 Å². The molecule has 0 aliphatic rings. The fourth-order valence-electron chi connectivity index (χ4n) is 1.31. The highest BCUT2D eigenvalue weighted by Crippen LogP contribution is 2.21. The largest absolute Gasteiger partial charge is 0.389 e. The zero-order valence-electron chi connectivity index (χ0n) is 9.87. The van der Waals surface area contributed by atoms with E-state index in [4.69, 9.17) is 18.0 Å². The normalized spacial score (nSPS) is 15.2. The summed E-state index contributed by atoms with van der Waals surface area (Å²) in [6.45, 7) is 1.67. The van der Waals surface area contributed by atoms with Gasteiger partial charge >= 0.3 is 0 Å². The van der Waals surface area contributed by atoms with Crippen LogP contribution in [0.3, 0.4) is 0 Å². The van der Waals surface area contributed by atoms with Crippen LogP contribution in [0.25, 0.3) is 0 Å². The average molecular weight is 326 g/mol. The Labute approximate surface area is 118 Å². The van der Waals surface area contributed by atoms with E-state index in [1.807, 2.05) is 0 Å². The molecule has 0 radical (unpaired) electrons. The van der Waals surface area contributed by atoms with Gasteiger partial charge in [0, 0.05) is 28.9 Å². The van der Waals surface area contributed by atoms with Gasteiger partial charge in [-0.3, -0.25) is 4.21 Å². The van der Waals surface area contributed by atoms with E-state index in [9.17, 15) is 12.6 Å². The molecular formula is C9H14N2O3S4. The Bertz CT molecular complexity index is 564. The van der Waals surface area contributed by atoms with Crippen molar-refractivity contribution in [1.29, 1.82) is 0 Å². The molecule has 3 N–H and O–H groups in total. The fourth-order valence-corrected chi connectivity index (χ4v) is 4.81. The summed E-state index contributed by atoms with van der Waals surface area (Å²) in [5.74, 6) is 0.271. The van der Waals surface area contributed by atoms with Gasteiger partial charge < -0.3 is 5.73 Å². The van der Waals surface area contributed by atoms with Crippen molar-refractivity contribution in [3.05, 3.63) is 17.0 Å². The van der Waals surface area contributed by atoms with E-state index in [1.54, 1.807) is 13.0 Å². The number of thiophene rings is 1. The van der Waals surface area contributed by atoms with Crippen LogP contribution in [-0.2, 0) is 20.8 Å². The molecule has 1 heterocycles. The van der Waals surface area contributed by atoms with Gasteiger partial charge in [-0.1, -0.05) is 12.2 Å². The number of hydrogen-bond acceptors (Lipinski definition) is 5. The van der Waals surface area contributed by atoms with E-state index in [0.717, 1.165) is 11.3 Å². The van der Waals surface area contributed by atoms with Gasteiger partial charge in [-0.05, 0) is 19.1 Å². The van der Waals surface area contributed by atoms with E-state index in [2.05, 4.69) is 4.72 Å². The molecule has 1 rings (SSSR count). The molecule has 5 nitrogen and oxygen atoms in total. The predicted molar refractivity (Wildman–Crippen MR) is 78.9 cm³/mol. The maximum absolute atomic E-state index is 12.0. The van der Waals surface area contributed by atoms with Crippen molar-refractivity contribution in [1.82, 2.24) is 4.72 Å². The first-order valence-electron chi connectivity index (χ1n) is 4.94. The summed E-state index contributed by atoms with van der Waals surface area (Å²) >= 11 is 5.79. The minimum atomic E-state index is -3.60. The first kappa shape index (κ1) is 15.7. The molecule has 0 fully saturated rings. The molecule has 0 aliphatic heterocycles. The Hall–Kier alpha value is -0.350. The van der Waals surface area contributed by atoms with Gasteiger partial charge in [0.1, 0.15) is 9.20 Å². The molecule has 9 heteroatoms. The van der Waals surface area contributed by atoms with Gasteiger partial charge in [0.05, 0.1) is 4.88 Å². The Morgan fingerprint density at radius 3 is 2.67 bits per heavy atom. The van der Waals surface area contributed by atoms with Crippen LogP contribution in [0, 0.1) is 0 Å². The molecule has 102 valence electrons. The zero-order valence-corrected chi connectivity index (χ0v) is 13.1. The smallest absolute Gasteiger partial charge is 0.250 e. The SMILES string of the molecule is CC(CS(C)=O)NS(=O)(=O)c1ccc(C(N)=S)s1. The molecular weight excluding hydrogens is 312 g/mol. The van der Waals surface area contributed by atoms with E-state index in [1.165, 1.54) is 12.3 Å². The molecule has 0 saturated carbocycles. The second kappa shape index (κ2) is 6.20. The Morgan fingerprint density at radius 1 is 1.61 bits per heavy atom. The lowest BCUT2D eigenvalue weighted by Crippen LogP contribution is -2.35. The van der Waals surface area contributed by atoms with E-state index in [-0.39, 0.29) is 15.0 Å². The first-order valence-corrected chi connectivity index (χ1v) is 9.38. The van der Waals surface area contributed by atoms with E-state index >= 15 is 0 Å². The monoisotopic (exact) mass is 326 g/mol. The molecule has 18 heavy (non-hydrogen) atoms. The molecule has 0 bridgehead atoms. The van der Waals surface area contributed by atoms with Crippen LogP contribution in [0.5, 0.6) is 0 Å².